The van der Waals surface area contributed by atoms with Gasteiger partial charge in [-0.15, -0.1) is 0 Å². The lowest BCUT2D eigenvalue weighted by molar-refractivity contribution is 0.0496. The molecule has 0 bridgehead atoms. The highest BCUT2D eigenvalue weighted by Gasteiger charge is 2.30. The molecule has 5 rings (SSSR count). The number of benzene rings is 2. The number of sulfone groups is 1. The molecule has 2 saturated heterocycles. The SMILES string of the molecule is O=C(c1ccc(F)cc1)N(Cc1cnc(S(=O)(=O)Cc2ccccc2F)n1C[C@@H]1CCCO1)C[C@H]1CCCO1. The Kier molecular flexibility index (Phi) is 8.39. The molecule has 2 aromatic carbocycles. The molecule has 0 aliphatic carbocycles. The maximum absolute atomic E-state index is 14.3. The quantitative estimate of drug-likeness (QED) is 0.371. The van der Waals surface area contributed by atoms with Gasteiger partial charge in [0.2, 0.25) is 15.0 Å². The van der Waals surface area contributed by atoms with Crippen molar-refractivity contribution < 1.29 is 31.5 Å². The molecule has 0 unspecified atom stereocenters. The van der Waals surface area contributed by atoms with Gasteiger partial charge in [-0.1, -0.05) is 18.2 Å². The molecule has 0 N–H and O–H groups in total. The fourth-order valence-corrected chi connectivity index (χ4v) is 6.58. The standard InChI is InChI=1S/C28H31F2N3O5S/c29-22-11-9-20(10-12-22)27(34)32(17-24-6-3-13-37-24)16-23-15-31-28(33(23)18-25-7-4-14-38-25)39(35,36)19-21-5-1-2-8-26(21)30/h1-2,5,8-12,15,24-25H,3-4,6-7,13-14,16-19H2/t24-,25+/m1/s1. The molecule has 0 spiro atoms. The van der Waals surface area contributed by atoms with Crippen LogP contribution in [-0.2, 0) is 38.2 Å². The van der Waals surface area contributed by atoms with Gasteiger partial charge in [0.05, 0.1) is 42.9 Å². The van der Waals surface area contributed by atoms with E-state index < -0.39 is 27.2 Å². The van der Waals surface area contributed by atoms with Crippen LogP contribution in [0.1, 0.15) is 47.3 Å². The van der Waals surface area contributed by atoms with E-state index in [1.54, 1.807) is 15.5 Å². The molecule has 3 heterocycles. The Labute approximate surface area is 226 Å². The summed E-state index contributed by atoms with van der Waals surface area (Å²) in [5, 5.41) is -0.192. The molecule has 3 aromatic rings. The summed E-state index contributed by atoms with van der Waals surface area (Å²) >= 11 is 0. The molecule has 2 atom stereocenters. The predicted octanol–water partition coefficient (Wildman–Crippen LogP) is 4.14. The number of ether oxygens (including phenoxy) is 2. The summed E-state index contributed by atoms with van der Waals surface area (Å²) in [5.74, 6) is -1.93. The molecule has 2 aliphatic heterocycles. The second-order valence-corrected chi connectivity index (χ2v) is 11.8. The van der Waals surface area contributed by atoms with Crippen molar-refractivity contribution in [3.05, 3.63) is 83.2 Å². The van der Waals surface area contributed by atoms with E-state index in [1.807, 2.05) is 0 Å². The average Bonchev–Trinajstić information content (AvgIpc) is 3.69. The lowest BCUT2D eigenvalue weighted by Crippen LogP contribution is -2.38. The Bertz CT molecular complexity index is 1400. The third-order valence-corrected chi connectivity index (χ3v) is 8.65. The fourth-order valence-electron chi connectivity index (χ4n) is 5.06. The number of carbonyl (C=O) groups excluding carboxylic acids is 1. The molecular weight excluding hydrogens is 528 g/mol. The molecule has 8 nitrogen and oxygen atoms in total. The Morgan fingerprint density at radius 3 is 2.36 bits per heavy atom. The van der Waals surface area contributed by atoms with Crippen molar-refractivity contribution >= 4 is 15.7 Å². The Morgan fingerprint density at radius 1 is 1.00 bits per heavy atom. The molecule has 208 valence electrons. The first-order chi connectivity index (χ1) is 18.8. The first-order valence-electron chi connectivity index (χ1n) is 13.1. The van der Waals surface area contributed by atoms with Gasteiger partial charge in [0.1, 0.15) is 11.6 Å². The minimum atomic E-state index is -4.04. The number of carbonyl (C=O) groups is 1. The van der Waals surface area contributed by atoms with Crippen molar-refractivity contribution in [3.63, 3.8) is 0 Å². The molecule has 2 aliphatic rings. The summed E-state index contributed by atoms with van der Waals surface area (Å²) in [6.07, 6.45) is 4.39. The zero-order valence-corrected chi connectivity index (χ0v) is 22.3. The van der Waals surface area contributed by atoms with Crippen LogP contribution < -0.4 is 0 Å². The molecule has 2 fully saturated rings. The van der Waals surface area contributed by atoms with Crippen LogP contribution in [0, 0.1) is 11.6 Å². The summed E-state index contributed by atoms with van der Waals surface area (Å²) in [6, 6.07) is 11.1. The van der Waals surface area contributed by atoms with Gasteiger partial charge in [0.25, 0.3) is 5.91 Å². The van der Waals surface area contributed by atoms with Crippen LogP contribution in [0.5, 0.6) is 0 Å². The largest absolute Gasteiger partial charge is 0.376 e. The lowest BCUT2D eigenvalue weighted by Gasteiger charge is -2.26. The number of aromatic nitrogens is 2. The Balaban J connectivity index is 1.48. The van der Waals surface area contributed by atoms with E-state index >= 15 is 0 Å². The monoisotopic (exact) mass is 559 g/mol. The van der Waals surface area contributed by atoms with Crippen LogP contribution in [0.3, 0.4) is 0 Å². The first kappa shape index (κ1) is 27.4. The van der Waals surface area contributed by atoms with Gasteiger partial charge in [-0.2, -0.15) is 0 Å². The van der Waals surface area contributed by atoms with E-state index in [2.05, 4.69) is 4.98 Å². The average molecular weight is 560 g/mol. The number of rotatable bonds is 10. The van der Waals surface area contributed by atoms with Crippen LogP contribution >= 0.6 is 0 Å². The fraction of sp³-hybridized carbons (Fsp3) is 0.429. The van der Waals surface area contributed by atoms with E-state index in [1.165, 1.54) is 48.7 Å². The minimum Gasteiger partial charge on any atom is -0.376 e. The van der Waals surface area contributed by atoms with Gasteiger partial charge in [0.15, 0.2) is 0 Å². The number of hydrogen-bond acceptors (Lipinski definition) is 6. The predicted molar refractivity (Wildman–Crippen MR) is 139 cm³/mol. The van der Waals surface area contributed by atoms with Crippen LogP contribution in [-0.4, -0.2) is 60.7 Å². The van der Waals surface area contributed by atoms with E-state index in [9.17, 15) is 22.0 Å². The van der Waals surface area contributed by atoms with Crippen molar-refractivity contribution in [1.82, 2.24) is 14.5 Å². The van der Waals surface area contributed by atoms with Crippen LogP contribution in [0.25, 0.3) is 0 Å². The second kappa shape index (κ2) is 11.9. The summed E-state index contributed by atoms with van der Waals surface area (Å²) in [5.41, 5.74) is 0.871. The third-order valence-electron chi connectivity index (χ3n) is 7.07. The topological polar surface area (TPSA) is 90.7 Å². The number of imidazole rings is 1. The summed E-state index contributed by atoms with van der Waals surface area (Å²) in [7, 11) is -4.04. The highest BCUT2D eigenvalue weighted by atomic mass is 32.2. The van der Waals surface area contributed by atoms with Crippen molar-refractivity contribution in [3.8, 4) is 0 Å². The first-order valence-corrected chi connectivity index (χ1v) is 14.7. The van der Waals surface area contributed by atoms with Gasteiger partial charge < -0.3 is 18.9 Å². The third kappa shape index (κ3) is 6.54. The highest BCUT2D eigenvalue weighted by Crippen LogP contribution is 2.24. The number of nitrogens with zero attached hydrogens (tertiary/aromatic N) is 3. The Morgan fingerprint density at radius 2 is 1.69 bits per heavy atom. The van der Waals surface area contributed by atoms with E-state index in [-0.39, 0.29) is 41.9 Å². The summed E-state index contributed by atoms with van der Waals surface area (Å²) in [6.45, 7) is 1.78. The van der Waals surface area contributed by atoms with Gasteiger partial charge in [-0.25, -0.2) is 22.2 Å². The summed E-state index contributed by atoms with van der Waals surface area (Å²) in [4.78, 5) is 19.4. The summed E-state index contributed by atoms with van der Waals surface area (Å²) < 4.78 is 67.9. The smallest absolute Gasteiger partial charge is 0.254 e. The molecule has 1 amide bonds. The second-order valence-electron chi connectivity index (χ2n) is 9.96. The number of hydrogen-bond donors (Lipinski definition) is 0. The zero-order chi connectivity index (χ0) is 27.4. The van der Waals surface area contributed by atoms with Crippen LogP contribution in [0.4, 0.5) is 8.78 Å². The van der Waals surface area contributed by atoms with Crippen LogP contribution in [0.2, 0.25) is 0 Å². The van der Waals surface area contributed by atoms with Crippen molar-refractivity contribution in [2.75, 3.05) is 19.8 Å². The maximum atomic E-state index is 14.3. The lowest BCUT2D eigenvalue weighted by atomic mass is 10.1. The highest BCUT2D eigenvalue weighted by molar-refractivity contribution is 7.90. The molecule has 0 saturated carbocycles. The molecular formula is C28H31F2N3O5S. The van der Waals surface area contributed by atoms with E-state index in [4.69, 9.17) is 9.47 Å². The maximum Gasteiger partial charge on any atom is 0.254 e. The van der Waals surface area contributed by atoms with Crippen molar-refractivity contribution in [2.24, 2.45) is 0 Å². The van der Waals surface area contributed by atoms with Gasteiger partial charge in [0, 0.05) is 30.9 Å². The minimum absolute atomic E-state index is 0.0530. The number of amides is 1. The molecule has 0 radical (unpaired) electrons. The molecule has 39 heavy (non-hydrogen) atoms. The van der Waals surface area contributed by atoms with E-state index in [0.717, 1.165) is 25.7 Å². The Hall–Kier alpha value is -3.15. The molecule has 11 heteroatoms. The number of halogens is 2. The normalized spacial score (nSPS) is 19.4. The van der Waals surface area contributed by atoms with Crippen molar-refractivity contribution in [2.45, 2.75) is 61.9 Å². The van der Waals surface area contributed by atoms with Gasteiger partial charge in [-0.3, -0.25) is 4.79 Å². The van der Waals surface area contributed by atoms with Crippen LogP contribution in [0.15, 0.2) is 59.9 Å². The zero-order valence-electron chi connectivity index (χ0n) is 21.5. The van der Waals surface area contributed by atoms with Gasteiger partial charge in [-0.05, 0) is 56.0 Å². The van der Waals surface area contributed by atoms with Gasteiger partial charge >= 0.3 is 0 Å². The molecule has 1 aromatic heterocycles. The van der Waals surface area contributed by atoms with E-state index in [0.29, 0.717) is 31.0 Å². The van der Waals surface area contributed by atoms with Crippen molar-refractivity contribution in [1.29, 1.82) is 0 Å².